The van der Waals surface area contributed by atoms with E-state index in [1.807, 2.05) is 30.3 Å². The predicted octanol–water partition coefficient (Wildman–Crippen LogP) is 2.77. The van der Waals surface area contributed by atoms with E-state index in [2.05, 4.69) is 4.74 Å². The molecule has 0 fully saturated rings. The highest BCUT2D eigenvalue weighted by molar-refractivity contribution is 5.90. The molecule has 0 spiro atoms. The maximum absolute atomic E-state index is 13.8. The van der Waals surface area contributed by atoms with Gasteiger partial charge >= 0.3 is 5.97 Å². The molecule has 0 atom stereocenters. The van der Waals surface area contributed by atoms with Crippen LogP contribution in [0.3, 0.4) is 0 Å². The third kappa shape index (κ3) is 2.27. The molecular formula is C14H14FNO2. The highest BCUT2D eigenvalue weighted by Gasteiger charge is 2.17. The van der Waals surface area contributed by atoms with Crippen molar-refractivity contribution in [1.82, 2.24) is 4.57 Å². The quantitative estimate of drug-likeness (QED) is 0.781. The van der Waals surface area contributed by atoms with Crippen LogP contribution in [0, 0.1) is 12.9 Å². The Morgan fingerprint density at radius 2 is 2.00 bits per heavy atom. The van der Waals surface area contributed by atoms with Crippen molar-refractivity contribution >= 4 is 5.97 Å². The lowest BCUT2D eigenvalue weighted by atomic mass is 10.2. The molecule has 0 aliphatic carbocycles. The van der Waals surface area contributed by atoms with Gasteiger partial charge in [0.15, 0.2) is 5.95 Å². The number of carbonyl (C=O) groups excluding carboxylic acids is 1. The molecular weight excluding hydrogens is 233 g/mol. The van der Waals surface area contributed by atoms with Gasteiger partial charge in [-0.05, 0) is 12.5 Å². The zero-order chi connectivity index (χ0) is 13.1. The smallest absolute Gasteiger partial charge is 0.339 e. The highest BCUT2D eigenvalue weighted by Crippen LogP contribution is 2.17. The van der Waals surface area contributed by atoms with Crippen molar-refractivity contribution in [3.8, 4) is 0 Å². The van der Waals surface area contributed by atoms with Gasteiger partial charge in [0.2, 0.25) is 0 Å². The third-order valence-corrected chi connectivity index (χ3v) is 2.90. The molecule has 4 heteroatoms. The van der Waals surface area contributed by atoms with Gasteiger partial charge < -0.3 is 9.30 Å². The van der Waals surface area contributed by atoms with Crippen LogP contribution < -0.4 is 0 Å². The SMILES string of the molecule is COC(=O)c1cc(F)n(Cc2ccccc2)c1C. The molecule has 3 nitrogen and oxygen atoms in total. The van der Waals surface area contributed by atoms with Crippen LogP contribution in [0.5, 0.6) is 0 Å². The van der Waals surface area contributed by atoms with Crippen molar-refractivity contribution in [3.63, 3.8) is 0 Å². The molecule has 2 aromatic rings. The number of ether oxygens (including phenoxy) is 1. The van der Waals surface area contributed by atoms with Crippen molar-refractivity contribution in [1.29, 1.82) is 0 Å². The molecule has 2 rings (SSSR count). The van der Waals surface area contributed by atoms with Crippen molar-refractivity contribution < 1.29 is 13.9 Å². The summed E-state index contributed by atoms with van der Waals surface area (Å²) in [6.07, 6.45) is 0. The molecule has 18 heavy (non-hydrogen) atoms. The van der Waals surface area contributed by atoms with E-state index in [0.717, 1.165) is 5.56 Å². The van der Waals surface area contributed by atoms with Crippen LogP contribution in [-0.2, 0) is 11.3 Å². The molecule has 0 unspecified atom stereocenters. The summed E-state index contributed by atoms with van der Waals surface area (Å²) in [5.41, 5.74) is 1.82. The Balaban J connectivity index is 2.34. The number of hydrogen-bond acceptors (Lipinski definition) is 2. The van der Waals surface area contributed by atoms with Gasteiger partial charge in [-0.15, -0.1) is 0 Å². The van der Waals surface area contributed by atoms with E-state index in [0.29, 0.717) is 12.2 Å². The number of carbonyl (C=O) groups is 1. The Hall–Kier alpha value is -2.10. The number of aromatic nitrogens is 1. The second kappa shape index (κ2) is 5.04. The van der Waals surface area contributed by atoms with Gasteiger partial charge in [-0.3, -0.25) is 0 Å². The normalized spacial score (nSPS) is 10.4. The fourth-order valence-corrected chi connectivity index (χ4v) is 1.88. The Bertz CT molecular complexity index is 561. The summed E-state index contributed by atoms with van der Waals surface area (Å²) in [6.45, 7) is 2.10. The number of halogens is 1. The molecule has 0 saturated carbocycles. The van der Waals surface area contributed by atoms with Crippen LogP contribution >= 0.6 is 0 Å². The lowest BCUT2D eigenvalue weighted by molar-refractivity contribution is 0.0599. The molecule has 1 aromatic carbocycles. The lowest BCUT2D eigenvalue weighted by Gasteiger charge is -2.07. The van der Waals surface area contributed by atoms with E-state index in [9.17, 15) is 9.18 Å². The lowest BCUT2D eigenvalue weighted by Crippen LogP contribution is -2.07. The second-order valence-electron chi connectivity index (χ2n) is 4.03. The van der Waals surface area contributed by atoms with Crippen molar-refractivity contribution in [2.24, 2.45) is 0 Å². The summed E-state index contributed by atoms with van der Waals surface area (Å²) in [7, 11) is 1.29. The third-order valence-electron chi connectivity index (χ3n) is 2.90. The molecule has 1 aromatic heterocycles. The number of nitrogens with zero attached hydrogens (tertiary/aromatic N) is 1. The zero-order valence-electron chi connectivity index (χ0n) is 10.3. The molecule has 0 bridgehead atoms. The number of esters is 1. The van der Waals surface area contributed by atoms with Crippen LogP contribution in [-0.4, -0.2) is 17.6 Å². The van der Waals surface area contributed by atoms with Crippen LogP contribution in [0.25, 0.3) is 0 Å². The summed E-state index contributed by atoms with van der Waals surface area (Å²) < 4.78 is 19.9. The molecule has 94 valence electrons. The Labute approximate surface area is 105 Å². The van der Waals surface area contributed by atoms with Crippen molar-refractivity contribution in [2.75, 3.05) is 7.11 Å². The largest absolute Gasteiger partial charge is 0.465 e. The average molecular weight is 247 g/mol. The second-order valence-corrected chi connectivity index (χ2v) is 4.03. The first-order chi connectivity index (χ1) is 8.63. The monoisotopic (exact) mass is 247 g/mol. The maximum atomic E-state index is 13.8. The molecule has 0 amide bonds. The first-order valence-corrected chi connectivity index (χ1v) is 5.61. The van der Waals surface area contributed by atoms with Crippen molar-refractivity contribution in [2.45, 2.75) is 13.5 Å². The minimum atomic E-state index is -0.516. The summed E-state index contributed by atoms with van der Waals surface area (Å²) in [6, 6.07) is 10.7. The Kier molecular flexibility index (Phi) is 3.46. The van der Waals surface area contributed by atoms with Gasteiger partial charge in [-0.2, -0.15) is 4.39 Å². The van der Waals surface area contributed by atoms with Gasteiger partial charge in [0.1, 0.15) is 0 Å². The van der Waals surface area contributed by atoms with Crippen LogP contribution in [0.2, 0.25) is 0 Å². The molecule has 0 saturated heterocycles. The first kappa shape index (κ1) is 12.4. The van der Waals surface area contributed by atoms with Gasteiger partial charge in [-0.1, -0.05) is 30.3 Å². The minimum absolute atomic E-state index is 0.269. The summed E-state index contributed by atoms with van der Waals surface area (Å²) in [5, 5.41) is 0. The number of rotatable bonds is 3. The van der Waals surface area contributed by atoms with E-state index in [-0.39, 0.29) is 5.56 Å². The molecule has 0 N–H and O–H groups in total. The molecule has 0 aliphatic heterocycles. The molecule has 0 radical (unpaired) electrons. The standard InChI is InChI=1S/C14H14FNO2/c1-10-12(14(17)18-2)8-13(15)16(10)9-11-6-4-3-5-7-11/h3-8H,9H2,1-2H3. The predicted molar refractivity (Wildman–Crippen MR) is 66.0 cm³/mol. The fraction of sp³-hybridized carbons (Fsp3) is 0.214. The number of hydrogen-bond donors (Lipinski definition) is 0. The highest BCUT2D eigenvalue weighted by atomic mass is 19.1. The number of methoxy groups -OCH3 is 1. The van der Waals surface area contributed by atoms with Crippen LogP contribution in [0.1, 0.15) is 21.6 Å². The van der Waals surface area contributed by atoms with E-state index in [1.54, 1.807) is 6.92 Å². The molecule has 0 aliphatic rings. The zero-order valence-corrected chi connectivity index (χ0v) is 10.3. The van der Waals surface area contributed by atoms with Gasteiger partial charge in [-0.25, -0.2) is 4.79 Å². The Morgan fingerprint density at radius 1 is 1.33 bits per heavy atom. The topological polar surface area (TPSA) is 31.2 Å². The number of benzene rings is 1. The van der Waals surface area contributed by atoms with E-state index in [1.165, 1.54) is 17.7 Å². The van der Waals surface area contributed by atoms with Crippen LogP contribution in [0.4, 0.5) is 4.39 Å². The maximum Gasteiger partial charge on any atom is 0.339 e. The minimum Gasteiger partial charge on any atom is -0.465 e. The Morgan fingerprint density at radius 3 is 2.61 bits per heavy atom. The van der Waals surface area contributed by atoms with E-state index in [4.69, 9.17) is 0 Å². The average Bonchev–Trinajstić information content (AvgIpc) is 2.67. The van der Waals surface area contributed by atoms with E-state index < -0.39 is 11.9 Å². The van der Waals surface area contributed by atoms with E-state index >= 15 is 0 Å². The fourth-order valence-electron chi connectivity index (χ4n) is 1.88. The summed E-state index contributed by atoms with van der Waals surface area (Å²) in [4.78, 5) is 11.5. The van der Waals surface area contributed by atoms with Gasteiger partial charge in [0.25, 0.3) is 0 Å². The summed E-state index contributed by atoms with van der Waals surface area (Å²) in [5.74, 6) is -0.949. The van der Waals surface area contributed by atoms with Gasteiger partial charge in [0.05, 0.1) is 12.7 Å². The van der Waals surface area contributed by atoms with Gasteiger partial charge in [0, 0.05) is 18.3 Å². The van der Waals surface area contributed by atoms with Crippen molar-refractivity contribution in [3.05, 3.63) is 59.2 Å². The molecule has 1 heterocycles. The summed E-state index contributed by atoms with van der Waals surface area (Å²) >= 11 is 0. The first-order valence-electron chi connectivity index (χ1n) is 5.61. The van der Waals surface area contributed by atoms with Crippen LogP contribution in [0.15, 0.2) is 36.4 Å².